The number of likely N-dealkylation sites (N-methyl/N-ethyl adjacent to an activating group) is 1. The fourth-order valence-electron chi connectivity index (χ4n) is 4.23. The monoisotopic (exact) mass is 396 g/mol. The molecule has 1 aliphatic rings. The number of carbonyl (C=O) groups excluding carboxylic acids is 1. The summed E-state index contributed by atoms with van der Waals surface area (Å²) in [5.74, 6) is 0.973. The zero-order valence-electron chi connectivity index (χ0n) is 17.8. The molecule has 6 nitrogen and oxygen atoms in total. The van der Waals surface area contributed by atoms with Crippen molar-refractivity contribution in [2.24, 2.45) is 0 Å². The number of benzene rings is 1. The van der Waals surface area contributed by atoms with Gasteiger partial charge in [-0.05, 0) is 58.4 Å². The number of nitrogens with zero attached hydrogens (tertiary/aromatic N) is 2. The van der Waals surface area contributed by atoms with Crippen LogP contribution in [0.15, 0.2) is 19.7 Å². The van der Waals surface area contributed by atoms with Gasteiger partial charge in [0.15, 0.2) is 0 Å². The third-order valence-electron chi connectivity index (χ3n) is 6.39. The highest BCUT2D eigenvalue weighted by Crippen LogP contribution is 2.34. The summed E-state index contributed by atoms with van der Waals surface area (Å²) in [5.41, 5.74) is 4.42. The summed E-state index contributed by atoms with van der Waals surface area (Å²) < 4.78 is 11.6. The molecule has 3 aromatic rings. The first-order chi connectivity index (χ1) is 13.8. The van der Waals surface area contributed by atoms with Gasteiger partial charge in [-0.2, -0.15) is 0 Å². The zero-order chi connectivity index (χ0) is 20.9. The number of aryl methyl sites for hydroxylation is 4. The number of hydrogen-bond donors (Lipinski definition) is 0. The van der Waals surface area contributed by atoms with E-state index in [4.69, 9.17) is 8.83 Å². The van der Waals surface area contributed by atoms with Crippen LogP contribution in [0.4, 0.5) is 0 Å². The van der Waals surface area contributed by atoms with Crippen LogP contribution < -0.4 is 5.63 Å². The van der Waals surface area contributed by atoms with Crippen molar-refractivity contribution in [2.45, 2.75) is 40.5 Å². The molecule has 29 heavy (non-hydrogen) atoms. The Labute approximate surface area is 170 Å². The van der Waals surface area contributed by atoms with Gasteiger partial charge in [0.05, 0.1) is 0 Å². The first-order valence-corrected chi connectivity index (χ1v) is 10.2. The quantitative estimate of drug-likeness (QED) is 0.634. The maximum absolute atomic E-state index is 12.7. The fraction of sp³-hybridized carbons (Fsp3) is 0.478. The van der Waals surface area contributed by atoms with Gasteiger partial charge in [-0.25, -0.2) is 4.79 Å². The van der Waals surface area contributed by atoms with Crippen molar-refractivity contribution in [3.63, 3.8) is 0 Å². The highest BCUT2D eigenvalue weighted by molar-refractivity contribution is 6.00. The van der Waals surface area contributed by atoms with E-state index in [1.54, 1.807) is 0 Å². The topological polar surface area (TPSA) is 66.9 Å². The Bertz CT molecular complexity index is 1160. The summed E-state index contributed by atoms with van der Waals surface area (Å²) in [5, 5.41) is 1.96. The number of rotatable bonds is 3. The van der Waals surface area contributed by atoms with Gasteiger partial charge in [0, 0.05) is 54.5 Å². The average molecular weight is 396 g/mol. The first-order valence-electron chi connectivity index (χ1n) is 10.2. The van der Waals surface area contributed by atoms with Crippen LogP contribution in [0.25, 0.3) is 21.9 Å². The SMILES string of the molecule is Cc1oc2c(C)c3oc(=O)c(CCC(=O)N4CCN(C)CC4)c(C)c3cc2c1C. The van der Waals surface area contributed by atoms with E-state index in [1.165, 1.54) is 0 Å². The molecule has 6 heteroatoms. The molecule has 0 unspecified atom stereocenters. The average Bonchev–Trinajstić information content (AvgIpc) is 2.98. The van der Waals surface area contributed by atoms with E-state index in [9.17, 15) is 9.59 Å². The van der Waals surface area contributed by atoms with Crippen molar-refractivity contribution in [2.75, 3.05) is 33.2 Å². The van der Waals surface area contributed by atoms with Crippen molar-refractivity contribution >= 4 is 27.8 Å². The minimum Gasteiger partial charge on any atom is -0.461 e. The lowest BCUT2D eigenvalue weighted by Gasteiger charge is -2.32. The van der Waals surface area contributed by atoms with Crippen LogP contribution in [-0.2, 0) is 11.2 Å². The zero-order valence-corrected chi connectivity index (χ0v) is 17.8. The lowest BCUT2D eigenvalue weighted by atomic mass is 9.98. The molecule has 1 fully saturated rings. The van der Waals surface area contributed by atoms with Crippen molar-refractivity contribution in [3.8, 4) is 0 Å². The van der Waals surface area contributed by atoms with Crippen LogP contribution in [0.2, 0.25) is 0 Å². The van der Waals surface area contributed by atoms with Crippen molar-refractivity contribution in [3.05, 3.63) is 44.5 Å². The van der Waals surface area contributed by atoms with Crippen molar-refractivity contribution < 1.29 is 13.6 Å². The van der Waals surface area contributed by atoms with Crippen molar-refractivity contribution in [1.29, 1.82) is 0 Å². The van der Waals surface area contributed by atoms with E-state index >= 15 is 0 Å². The minimum atomic E-state index is -0.358. The Morgan fingerprint density at radius 1 is 0.931 bits per heavy atom. The maximum Gasteiger partial charge on any atom is 0.339 e. The largest absolute Gasteiger partial charge is 0.461 e. The molecule has 2 aromatic heterocycles. The standard InChI is InChI=1S/C23H28N2O4/c1-13-16(4)28-21-15(3)22-19(12-18(13)21)14(2)17(23(27)29-22)6-7-20(26)25-10-8-24(5)9-11-25/h12H,6-11H2,1-5H3. The van der Waals surface area contributed by atoms with E-state index in [0.29, 0.717) is 24.0 Å². The molecule has 1 aliphatic heterocycles. The number of furan rings is 1. The van der Waals surface area contributed by atoms with E-state index < -0.39 is 0 Å². The smallest absolute Gasteiger partial charge is 0.339 e. The summed E-state index contributed by atoms with van der Waals surface area (Å²) in [6.45, 7) is 11.1. The molecule has 0 radical (unpaired) electrons. The maximum atomic E-state index is 12.7. The second kappa shape index (κ2) is 7.34. The molecule has 154 valence electrons. The number of piperazine rings is 1. The van der Waals surface area contributed by atoms with Crippen LogP contribution in [0.5, 0.6) is 0 Å². The Hall–Kier alpha value is -2.60. The Morgan fingerprint density at radius 3 is 2.24 bits per heavy atom. The lowest BCUT2D eigenvalue weighted by molar-refractivity contribution is -0.132. The van der Waals surface area contributed by atoms with E-state index in [1.807, 2.05) is 38.7 Å². The molecule has 0 atom stereocenters. The van der Waals surface area contributed by atoms with Crippen LogP contribution >= 0.6 is 0 Å². The molecule has 1 saturated heterocycles. The van der Waals surface area contributed by atoms with Gasteiger partial charge in [-0.1, -0.05) is 0 Å². The molecular formula is C23H28N2O4. The van der Waals surface area contributed by atoms with Gasteiger partial charge >= 0.3 is 5.63 Å². The third-order valence-corrected chi connectivity index (χ3v) is 6.39. The minimum absolute atomic E-state index is 0.102. The van der Waals surface area contributed by atoms with Crippen LogP contribution in [0, 0.1) is 27.7 Å². The van der Waals surface area contributed by atoms with Crippen LogP contribution in [0.3, 0.4) is 0 Å². The summed E-state index contributed by atoms with van der Waals surface area (Å²) >= 11 is 0. The lowest BCUT2D eigenvalue weighted by Crippen LogP contribution is -2.47. The number of amides is 1. The highest BCUT2D eigenvalue weighted by Gasteiger charge is 2.22. The van der Waals surface area contributed by atoms with E-state index in [0.717, 1.165) is 65.0 Å². The first kappa shape index (κ1) is 19.7. The molecule has 0 aliphatic carbocycles. The highest BCUT2D eigenvalue weighted by atomic mass is 16.4. The summed E-state index contributed by atoms with van der Waals surface area (Å²) in [6, 6.07) is 2.05. The number of carbonyl (C=O) groups is 1. The van der Waals surface area contributed by atoms with Gasteiger partial charge in [0.2, 0.25) is 5.91 Å². The molecular weight excluding hydrogens is 368 g/mol. The second-order valence-corrected chi connectivity index (χ2v) is 8.22. The molecule has 0 saturated carbocycles. The molecule has 1 amide bonds. The molecule has 1 aromatic carbocycles. The molecule has 3 heterocycles. The second-order valence-electron chi connectivity index (χ2n) is 8.22. The Morgan fingerprint density at radius 2 is 1.55 bits per heavy atom. The predicted molar refractivity (Wildman–Crippen MR) is 114 cm³/mol. The Kier molecular flexibility index (Phi) is 4.99. The van der Waals surface area contributed by atoms with Gasteiger partial charge in [0.1, 0.15) is 16.9 Å². The van der Waals surface area contributed by atoms with Gasteiger partial charge in [-0.3, -0.25) is 4.79 Å². The predicted octanol–water partition coefficient (Wildman–Crippen LogP) is 3.48. The molecule has 0 N–H and O–H groups in total. The summed E-state index contributed by atoms with van der Waals surface area (Å²) in [6.07, 6.45) is 0.724. The normalized spacial score (nSPS) is 15.6. The third kappa shape index (κ3) is 3.35. The van der Waals surface area contributed by atoms with Gasteiger partial charge in [0.25, 0.3) is 0 Å². The summed E-state index contributed by atoms with van der Waals surface area (Å²) in [7, 11) is 2.06. The van der Waals surface area contributed by atoms with Gasteiger partial charge in [-0.15, -0.1) is 0 Å². The van der Waals surface area contributed by atoms with Gasteiger partial charge < -0.3 is 18.6 Å². The van der Waals surface area contributed by atoms with E-state index in [2.05, 4.69) is 11.9 Å². The van der Waals surface area contributed by atoms with Crippen molar-refractivity contribution in [1.82, 2.24) is 9.80 Å². The number of fused-ring (bicyclic) bond motifs is 2. The van der Waals surface area contributed by atoms with E-state index in [-0.39, 0.29) is 11.5 Å². The fourth-order valence-corrected chi connectivity index (χ4v) is 4.23. The molecule has 0 spiro atoms. The van der Waals surface area contributed by atoms with Crippen LogP contribution in [-0.4, -0.2) is 48.9 Å². The number of hydrogen-bond acceptors (Lipinski definition) is 5. The Balaban J connectivity index is 1.68. The summed E-state index contributed by atoms with van der Waals surface area (Å²) in [4.78, 5) is 29.4. The molecule has 0 bridgehead atoms. The molecule has 4 rings (SSSR count). The van der Waals surface area contributed by atoms with Crippen LogP contribution in [0.1, 0.15) is 34.4 Å².